The van der Waals surface area contributed by atoms with E-state index in [2.05, 4.69) is 28.9 Å². The van der Waals surface area contributed by atoms with E-state index in [0.717, 1.165) is 12.0 Å². The predicted molar refractivity (Wildman–Crippen MR) is 88.7 cm³/mol. The third-order valence-corrected chi connectivity index (χ3v) is 5.01. The van der Waals surface area contributed by atoms with Crippen molar-refractivity contribution in [3.05, 3.63) is 69.8 Å². The molecule has 4 heteroatoms. The fourth-order valence-corrected chi connectivity index (χ4v) is 3.80. The van der Waals surface area contributed by atoms with E-state index in [1.165, 1.54) is 27.8 Å². The molecule has 0 bridgehead atoms. The molecule has 1 nitrogen and oxygen atoms in total. The summed E-state index contributed by atoms with van der Waals surface area (Å²) in [4.78, 5) is 0. The molecule has 0 aliphatic heterocycles. The van der Waals surface area contributed by atoms with Crippen LogP contribution in [0.1, 0.15) is 17.2 Å². The highest BCUT2D eigenvalue weighted by Gasteiger charge is 2.16. The molecule has 0 radical (unpaired) electrons. The standard InChI is InChI=1S/C17H15ClFNS/c1-20-16(8-11-6-7-12(19)9-15(11)18)14-10-21-17-5-3-2-4-13(14)17/h2-7,9-10,16,20H,8H2,1H3. The number of fused-ring (bicyclic) bond motifs is 1. The highest BCUT2D eigenvalue weighted by Crippen LogP contribution is 2.32. The van der Waals surface area contributed by atoms with E-state index in [9.17, 15) is 4.39 Å². The van der Waals surface area contributed by atoms with E-state index in [1.807, 2.05) is 13.1 Å². The van der Waals surface area contributed by atoms with Crippen LogP contribution < -0.4 is 5.32 Å². The number of benzene rings is 2. The van der Waals surface area contributed by atoms with Gasteiger partial charge in [-0.3, -0.25) is 0 Å². The lowest BCUT2D eigenvalue weighted by atomic mass is 9.98. The van der Waals surface area contributed by atoms with Gasteiger partial charge in [-0.25, -0.2) is 4.39 Å². The Hall–Kier alpha value is -1.42. The van der Waals surface area contributed by atoms with Crippen LogP contribution in [0.3, 0.4) is 0 Å². The number of hydrogen-bond acceptors (Lipinski definition) is 2. The molecule has 1 N–H and O–H groups in total. The van der Waals surface area contributed by atoms with Crippen molar-refractivity contribution in [2.75, 3.05) is 7.05 Å². The Morgan fingerprint density at radius 2 is 2.05 bits per heavy atom. The van der Waals surface area contributed by atoms with Crippen molar-refractivity contribution in [3.8, 4) is 0 Å². The fraction of sp³-hybridized carbons (Fsp3) is 0.176. The molecule has 0 saturated carbocycles. The Bertz CT molecular complexity index is 768. The first kappa shape index (κ1) is 14.5. The molecule has 2 aromatic carbocycles. The van der Waals surface area contributed by atoms with Gasteiger partial charge in [0.25, 0.3) is 0 Å². The number of hydrogen-bond donors (Lipinski definition) is 1. The summed E-state index contributed by atoms with van der Waals surface area (Å²) in [6, 6.07) is 13.1. The van der Waals surface area contributed by atoms with Gasteiger partial charge < -0.3 is 5.32 Å². The van der Waals surface area contributed by atoms with Crippen LogP contribution >= 0.6 is 22.9 Å². The van der Waals surface area contributed by atoms with Crippen LogP contribution in [0, 0.1) is 5.82 Å². The minimum Gasteiger partial charge on any atom is -0.313 e. The molecular formula is C17H15ClFNS. The first-order chi connectivity index (χ1) is 10.2. The van der Waals surface area contributed by atoms with Gasteiger partial charge >= 0.3 is 0 Å². The molecule has 21 heavy (non-hydrogen) atoms. The van der Waals surface area contributed by atoms with Crippen LogP contribution in [0.2, 0.25) is 5.02 Å². The van der Waals surface area contributed by atoms with Gasteiger partial charge in [0, 0.05) is 15.8 Å². The molecule has 1 heterocycles. The Morgan fingerprint density at radius 1 is 1.24 bits per heavy atom. The molecule has 1 aromatic heterocycles. The highest BCUT2D eigenvalue weighted by atomic mass is 35.5. The van der Waals surface area contributed by atoms with E-state index in [-0.39, 0.29) is 11.9 Å². The minimum absolute atomic E-state index is 0.157. The second-order valence-corrected chi connectivity index (χ2v) is 6.29. The molecule has 108 valence electrons. The lowest BCUT2D eigenvalue weighted by Gasteiger charge is -2.17. The molecule has 1 unspecified atom stereocenters. The van der Waals surface area contributed by atoms with E-state index in [1.54, 1.807) is 17.4 Å². The van der Waals surface area contributed by atoms with E-state index in [4.69, 9.17) is 11.6 Å². The zero-order valence-electron chi connectivity index (χ0n) is 11.6. The summed E-state index contributed by atoms with van der Waals surface area (Å²) < 4.78 is 14.4. The number of likely N-dealkylation sites (N-methyl/N-ethyl adjacent to an activating group) is 1. The van der Waals surface area contributed by atoms with Crippen LogP contribution in [0.25, 0.3) is 10.1 Å². The second kappa shape index (κ2) is 6.14. The molecular weight excluding hydrogens is 305 g/mol. The van der Waals surface area contributed by atoms with Crippen molar-refractivity contribution in [1.29, 1.82) is 0 Å². The van der Waals surface area contributed by atoms with Crippen LogP contribution in [0.4, 0.5) is 4.39 Å². The van der Waals surface area contributed by atoms with Crippen molar-refractivity contribution < 1.29 is 4.39 Å². The maximum atomic E-state index is 13.2. The van der Waals surface area contributed by atoms with Crippen LogP contribution in [0.15, 0.2) is 47.8 Å². The zero-order valence-corrected chi connectivity index (χ0v) is 13.1. The average molecular weight is 320 g/mol. The summed E-state index contributed by atoms with van der Waals surface area (Å²) in [5.74, 6) is -0.300. The first-order valence-electron chi connectivity index (χ1n) is 6.76. The molecule has 1 atom stereocenters. The Labute approximate surface area is 132 Å². The monoisotopic (exact) mass is 319 g/mol. The largest absolute Gasteiger partial charge is 0.313 e. The number of rotatable bonds is 4. The topological polar surface area (TPSA) is 12.0 Å². The van der Waals surface area contributed by atoms with E-state index in [0.29, 0.717) is 5.02 Å². The molecule has 0 spiro atoms. The Balaban J connectivity index is 1.95. The summed E-state index contributed by atoms with van der Waals surface area (Å²) in [6.07, 6.45) is 0.732. The summed E-state index contributed by atoms with van der Waals surface area (Å²) in [7, 11) is 1.94. The molecule has 0 aliphatic rings. The lowest BCUT2D eigenvalue weighted by Crippen LogP contribution is -2.18. The van der Waals surface area contributed by atoms with Gasteiger partial charge in [0.1, 0.15) is 5.82 Å². The third-order valence-electron chi connectivity index (χ3n) is 3.67. The smallest absolute Gasteiger partial charge is 0.124 e. The van der Waals surface area contributed by atoms with Gasteiger partial charge in [-0.05, 0) is 53.6 Å². The van der Waals surface area contributed by atoms with Crippen molar-refractivity contribution >= 4 is 33.0 Å². The van der Waals surface area contributed by atoms with E-state index < -0.39 is 0 Å². The normalized spacial score (nSPS) is 12.7. The lowest BCUT2D eigenvalue weighted by molar-refractivity contribution is 0.594. The third kappa shape index (κ3) is 2.95. The minimum atomic E-state index is -0.300. The van der Waals surface area contributed by atoms with Crippen LogP contribution in [0.5, 0.6) is 0 Å². The highest BCUT2D eigenvalue weighted by molar-refractivity contribution is 7.17. The fourth-order valence-electron chi connectivity index (χ4n) is 2.54. The maximum absolute atomic E-state index is 13.2. The van der Waals surface area contributed by atoms with E-state index >= 15 is 0 Å². The second-order valence-electron chi connectivity index (χ2n) is 4.97. The van der Waals surface area contributed by atoms with Gasteiger partial charge in [0.15, 0.2) is 0 Å². The summed E-state index contributed by atoms with van der Waals surface area (Å²) in [6.45, 7) is 0. The molecule has 3 aromatic rings. The van der Waals surface area contributed by atoms with Crippen molar-refractivity contribution in [2.45, 2.75) is 12.5 Å². The summed E-state index contributed by atoms with van der Waals surface area (Å²) in [5, 5.41) is 7.27. The summed E-state index contributed by atoms with van der Waals surface area (Å²) >= 11 is 7.89. The van der Waals surface area contributed by atoms with Gasteiger partial charge in [0.2, 0.25) is 0 Å². The molecule has 0 fully saturated rings. The molecule has 0 saturated heterocycles. The van der Waals surface area contributed by atoms with Crippen LogP contribution in [-0.2, 0) is 6.42 Å². The number of nitrogens with one attached hydrogen (secondary N) is 1. The van der Waals surface area contributed by atoms with Crippen molar-refractivity contribution in [2.24, 2.45) is 0 Å². The van der Waals surface area contributed by atoms with Crippen molar-refractivity contribution in [1.82, 2.24) is 5.32 Å². The number of thiophene rings is 1. The first-order valence-corrected chi connectivity index (χ1v) is 8.02. The van der Waals surface area contributed by atoms with Gasteiger partial charge in [-0.15, -0.1) is 11.3 Å². The Morgan fingerprint density at radius 3 is 2.81 bits per heavy atom. The average Bonchev–Trinajstić information content (AvgIpc) is 2.91. The predicted octanol–water partition coefficient (Wildman–Crippen LogP) is 5.20. The van der Waals surface area contributed by atoms with Crippen LogP contribution in [-0.4, -0.2) is 7.05 Å². The molecule has 0 amide bonds. The van der Waals surface area contributed by atoms with Crippen molar-refractivity contribution in [3.63, 3.8) is 0 Å². The SMILES string of the molecule is CNC(Cc1ccc(F)cc1Cl)c1csc2ccccc12. The molecule has 0 aliphatic carbocycles. The molecule has 3 rings (SSSR count). The number of halogens is 2. The quantitative estimate of drug-likeness (QED) is 0.697. The van der Waals surface area contributed by atoms with Gasteiger partial charge in [-0.2, -0.15) is 0 Å². The maximum Gasteiger partial charge on any atom is 0.124 e. The Kier molecular flexibility index (Phi) is 4.24. The van der Waals surface area contributed by atoms with Gasteiger partial charge in [0.05, 0.1) is 0 Å². The van der Waals surface area contributed by atoms with Gasteiger partial charge in [-0.1, -0.05) is 35.9 Å². The summed E-state index contributed by atoms with van der Waals surface area (Å²) in [5.41, 5.74) is 2.21. The zero-order chi connectivity index (χ0) is 14.8.